The Bertz CT molecular complexity index is 721. The Kier molecular flexibility index (Phi) is 4.81. The fourth-order valence-corrected chi connectivity index (χ4v) is 3.92. The van der Waals surface area contributed by atoms with Crippen LogP contribution in [0.4, 0.5) is 5.82 Å². The van der Waals surface area contributed by atoms with Gasteiger partial charge in [-0.1, -0.05) is 36.0 Å². The lowest BCUT2D eigenvalue weighted by atomic mass is 9.91. The SMILES string of the molecule is CCOC(=O)c1cnc(S[C@@H]2CCCc3ccccc32)nc1N. The molecule has 0 aliphatic heterocycles. The molecule has 0 spiro atoms. The molecule has 1 heterocycles. The van der Waals surface area contributed by atoms with Crippen molar-refractivity contribution in [3.8, 4) is 0 Å². The van der Waals surface area contributed by atoms with Crippen LogP contribution >= 0.6 is 11.8 Å². The van der Waals surface area contributed by atoms with Gasteiger partial charge in [0.25, 0.3) is 0 Å². The van der Waals surface area contributed by atoms with Crippen LogP contribution in [0.2, 0.25) is 0 Å². The third kappa shape index (κ3) is 3.47. The van der Waals surface area contributed by atoms with Gasteiger partial charge in [0.2, 0.25) is 0 Å². The Labute approximate surface area is 139 Å². The second-order valence-electron chi connectivity index (χ2n) is 5.37. The van der Waals surface area contributed by atoms with Gasteiger partial charge in [0, 0.05) is 11.4 Å². The first-order chi connectivity index (χ1) is 11.2. The highest BCUT2D eigenvalue weighted by Crippen LogP contribution is 2.42. The molecule has 0 saturated carbocycles. The van der Waals surface area contributed by atoms with Crippen molar-refractivity contribution in [2.45, 2.75) is 36.6 Å². The number of carbonyl (C=O) groups excluding carboxylic acids is 1. The number of benzene rings is 1. The van der Waals surface area contributed by atoms with Gasteiger partial charge >= 0.3 is 5.97 Å². The molecule has 1 aromatic heterocycles. The van der Waals surface area contributed by atoms with Gasteiger partial charge in [-0.2, -0.15) is 0 Å². The number of nitrogens with zero attached hydrogens (tertiary/aromatic N) is 2. The summed E-state index contributed by atoms with van der Waals surface area (Å²) in [6.07, 6.45) is 4.82. The van der Waals surface area contributed by atoms with Crippen molar-refractivity contribution in [3.63, 3.8) is 0 Å². The first-order valence-electron chi connectivity index (χ1n) is 7.73. The monoisotopic (exact) mass is 329 g/mol. The van der Waals surface area contributed by atoms with Gasteiger partial charge in [-0.15, -0.1) is 0 Å². The van der Waals surface area contributed by atoms with Gasteiger partial charge in [0.05, 0.1) is 6.61 Å². The van der Waals surface area contributed by atoms with Gasteiger partial charge in [0.15, 0.2) is 5.16 Å². The van der Waals surface area contributed by atoms with Gasteiger partial charge < -0.3 is 10.5 Å². The van der Waals surface area contributed by atoms with Gasteiger partial charge in [-0.25, -0.2) is 14.8 Å². The lowest BCUT2D eigenvalue weighted by Crippen LogP contribution is -2.11. The average Bonchev–Trinajstić information content (AvgIpc) is 2.55. The molecule has 0 unspecified atom stereocenters. The van der Waals surface area contributed by atoms with Crippen molar-refractivity contribution in [2.24, 2.45) is 0 Å². The summed E-state index contributed by atoms with van der Waals surface area (Å²) >= 11 is 1.60. The minimum Gasteiger partial charge on any atom is -0.462 e. The first kappa shape index (κ1) is 15.8. The second kappa shape index (κ2) is 7.00. The molecule has 23 heavy (non-hydrogen) atoms. The molecule has 2 aromatic rings. The molecule has 5 nitrogen and oxygen atoms in total. The minimum atomic E-state index is -0.482. The van der Waals surface area contributed by atoms with Crippen molar-refractivity contribution < 1.29 is 9.53 Å². The molecule has 0 fully saturated rings. The van der Waals surface area contributed by atoms with Crippen LogP contribution in [0, 0.1) is 0 Å². The maximum atomic E-state index is 11.7. The zero-order valence-corrected chi connectivity index (χ0v) is 13.8. The van der Waals surface area contributed by atoms with E-state index in [1.54, 1.807) is 18.7 Å². The maximum Gasteiger partial charge on any atom is 0.343 e. The Hall–Kier alpha value is -2.08. The van der Waals surface area contributed by atoms with E-state index in [1.165, 1.54) is 17.3 Å². The number of hydrogen-bond acceptors (Lipinski definition) is 6. The molecule has 0 bridgehead atoms. The van der Waals surface area contributed by atoms with Crippen LogP contribution in [0.15, 0.2) is 35.6 Å². The maximum absolute atomic E-state index is 11.7. The number of aryl methyl sites for hydroxylation is 1. The van der Waals surface area contributed by atoms with E-state index in [-0.39, 0.29) is 11.4 Å². The molecule has 1 aliphatic carbocycles. The van der Waals surface area contributed by atoms with Gasteiger partial charge in [-0.3, -0.25) is 0 Å². The predicted molar refractivity (Wildman–Crippen MR) is 90.4 cm³/mol. The van der Waals surface area contributed by atoms with Crippen LogP contribution in [0.1, 0.15) is 46.5 Å². The van der Waals surface area contributed by atoms with Gasteiger partial charge in [-0.05, 0) is 37.3 Å². The Morgan fingerprint density at radius 1 is 1.43 bits per heavy atom. The van der Waals surface area contributed by atoms with Gasteiger partial charge in [0.1, 0.15) is 11.4 Å². The fraction of sp³-hybridized carbons (Fsp3) is 0.353. The summed E-state index contributed by atoms with van der Waals surface area (Å²) in [5, 5.41) is 0.921. The quantitative estimate of drug-likeness (QED) is 0.684. The summed E-state index contributed by atoms with van der Waals surface area (Å²) in [4.78, 5) is 20.3. The van der Waals surface area contributed by atoms with Crippen LogP contribution in [-0.2, 0) is 11.2 Å². The summed E-state index contributed by atoms with van der Waals surface area (Å²) in [5.41, 5.74) is 8.85. The number of fused-ring (bicyclic) bond motifs is 1. The number of aromatic nitrogens is 2. The molecular formula is C17H19N3O2S. The molecule has 0 saturated heterocycles. The summed E-state index contributed by atoms with van der Waals surface area (Å²) in [6, 6.07) is 8.49. The number of esters is 1. The topological polar surface area (TPSA) is 78.1 Å². The van der Waals surface area contributed by atoms with Crippen LogP contribution in [-0.4, -0.2) is 22.5 Å². The standard InChI is InChI=1S/C17H19N3O2S/c1-2-22-16(21)13-10-19-17(20-15(13)18)23-14-9-5-7-11-6-3-4-8-12(11)14/h3-4,6,8,10,14H,2,5,7,9H2,1H3,(H2,18,19,20)/t14-/m1/s1. The highest BCUT2D eigenvalue weighted by atomic mass is 32.2. The zero-order valence-electron chi connectivity index (χ0n) is 13.0. The van der Waals surface area contributed by atoms with Crippen LogP contribution in [0.5, 0.6) is 0 Å². The van der Waals surface area contributed by atoms with Crippen molar-refractivity contribution in [1.82, 2.24) is 9.97 Å². The van der Waals surface area contributed by atoms with Crippen LogP contribution < -0.4 is 5.73 Å². The highest BCUT2D eigenvalue weighted by molar-refractivity contribution is 7.99. The molecule has 1 aliphatic rings. The highest BCUT2D eigenvalue weighted by Gasteiger charge is 2.22. The Morgan fingerprint density at radius 2 is 2.26 bits per heavy atom. The van der Waals surface area contributed by atoms with E-state index in [1.807, 2.05) is 0 Å². The van der Waals surface area contributed by atoms with E-state index < -0.39 is 5.97 Å². The number of thioether (sulfide) groups is 1. The third-order valence-corrected chi connectivity index (χ3v) is 5.04. The lowest BCUT2D eigenvalue weighted by Gasteiger charge is -2.24. The summed E-state index contributed by atoms with van der Waals surface area (Å²) in [5.74, 6) is -0.311. The number of nitrogen functional groups attached to an aromatic ring is 1. The number of hydrogen-bond donors (Lipinski definition) is 1. The van der Waals surface area contributed by atoms with E-state index in [4.69, 9.17) is 10.5 Å². The lowest BCUT2D eigenvalue weighted by molar-refractivity contribution is 0.0526. The zero-order chi connectivity index (χ0) is 16.2. The van der Waals surface area contributed by atoms with Crippen molar-refractivity contribution in [1.29, 1.82) is 0 Å². The molecule has 1 atom stereocenters. The number of anilines is 1. The average molecular weight is 329 g/mol. The smallest absolute Gasteiger partial charge is 0.343 e. The summed E-state index contributed by atoms with van der Waals surface area (Å²) in [7, 11) is 0. The third-order valence-electron chi connectivity index (χ3n) is 3.85. The van der Waals surface area contributed by atoms with E-state index in [0.717, 1.165) is 19.3 Å². The minimum absolute atomic E-state index is 0.171. The van der Waals surface area contributed by atoms with Crippen molar-refractivity contribution >= 4 is 23.5 Å². The molecule has 0 amide bonds. The summed E-state index contributed by atoms with van der Waals surface area (Å²) in [6.45, 7) is 2.05. The Morgan fingerprint density at radius 3 is 3.04 bits per heavy atom. The molecule has 0 radical (unpaired) electrons. The normalized spacial score (nSPS) is 16.7. The van der Waals surface area contributed by atoms with Crippen LogP contribution in [0.3, 0.4) is 0 Å². The molecular weight excluding hydrogens is 310 g/mol. The van der Waals surface area contributed by atoms with Crippen molar-refractivity contribution in [3.05, 3.63) is 47.2 Å². The molecule has 6 heteroatoms. The number of rotatable bonds is 4. The van der Waals surface area contributed by atoms with E-state index in [9.17, 15) is 4.79 Å². The number of carbonyl (C=O) groups is 1. The fourth-order valence-electron chi connectivity index (χ4n) is 2.76. The molecule has 1 aromatic carbocycles. The summed E-state index contributed by atoms with van der Waals surface area (Å²) < 4.78 is 4.94. The van der Waals surface area contributed by atoms with Crippen molar-refractivity contribution in [2.75, 3.05) is 12.3 Å². The molecule has 2 N–H and O–H groups in total. The van der Waals surface area contributed by atoms with E-state index in [0.29, 0.717) is 17.0 Å². The van der Waals surface area contributed by atoms with E-state index >= 15 is 0 Å². The number of ether oxygens (including phenoxy) is 1. The second-order valence-corrected chi connectivity index (χ2v) is 6.54. The molecule has 120 valence electrons. The largest absolute Gasteiger partial charge is 0.462 e. The molecule has 3 rings (SSSR count). The number of nitrogens with two attached hydrogens (primary N) is 1. The Balaban J connectivity index is 1.79. The first-order valence-corrected chi connectivity index (χ1v) is 8.61. The van der Waals surface area contributed by atoms with Crippen LogP contribution in [0.25, 0.3) is 0 Å². The van der Waals surface area contributed by atoms with E-state index in [2.05, 4.69) is 34.2 Å². The predicted octanol–water partition coefficient (Wildman–Crippen LogP) is 3.41.